The summed E-state index contributed by atoms with van der Waals surface area (Å²) in [4.78, 5) is 11.7. The lowest BCUT2D eigenvalue weighted by Gasteiger charge is -2.09. The van der Waals surface area contributed by atoms with E-state index in [2.05, 4.69) is 12.2 Å². The molecule has 1 rings (SSSR count). The van der Waals surface area contributed by atoms with Gasteiger partial charge < -0.3 is 16.2 Å². The van der Waals surface area contributed by atoms with Crippen LogP contribution in [0.15, 0.2) is 18.2 Å². The Morgan fingerprint density at radius 2 is 1.61 bits per heavy atom. The molecule has 0 aliphatic carbocycles. The molecule has 0 atom stereocenters. The van der Waals surface area contributed by atoms with Crippen LogP contribution >= 0.6 is 0 Å². The maximum absolute atomic E-state index is 11.7. The number of unbranched alkanes of at least 4 members (excludes halogenated alkanes) is 8. The molecule has 0 unspecified atom stereocenters. The molecule has 0 fully saturated rings. The van der Waals surface area contributed by atoms with Crippen molar-refractivity contribution in [2.75, 3.05) is 23.4 Å². The standard InChI is InChI=1S/C18H31N3O2/c1-2-3-4-5-6-7-8-9-10-13-23-18(22)21-17-12-11-15(19)14-16(17)20/h11-12,14H,2-10,13,19-20H2,1H3,(H,21,22). The molecule has 0 saturated heterocycles. The molecule has 5 nitrogen and oxygen atoms in total. The molecule has 5 N–H and O–H groups in total. The fraction of sp³-hybridized carbons (Fsp3) is 0.611. The summed E-state index contributed by atoms with van der Waals surface area (Å²) in [7, 11) is 0. The van der Waals surface area contributed by atoms with E-state index in [0.29, 0.717) is 23.7 Å². The number of nitrogens with two attached hydrogens (primary N) is 2. The van der Waals surface area contributed by atoms with Crippen molar-refractivity contribution in [3.63, 3.8) is 0 Å². The summed E-state index contributed by atoms with van der Waals surface area (Å²) in [6.07, 6.45) is 10.7. The van der Waals surface area contributed by atoms with E-state index in [9.17, 15) is 4.79 Å². The van der Waals surface area contributed by atoms with E-state index in [1.165, 1.54) is 44.9 Å². The van der Waals surface area contributed by atoms with Gasteiger partial charge in [0.1, 0.15) is 0 Å². The van der Waals surface area contributed by atoms with Crippen molar-refractivity contribution in [3.05, 3.63) is 18.2 Å². The number of amides is 1. The number of anilines is 3. The van der Waals surface area contributed by atoms with Crippen LogP contribution in [0.2, 0.25) is 0 Å². The number of hydrogen-bond acceptors (Lipinski definition) is 4. The second-order valence-corrected chi connectivity index (χ2v) is 5.94. The first-order chi connectivity index (χ1) is 11.1. The maximum atomic E-state index is 11.7. The van der Waals surface area contributed by atoms with Gasteiger partial charge in [-0.2, -0.15) is 0 Å². The molecule has 1 amide bonds. The van der Waals surface area contributed by atoms with E-state index in [1.807, 2.05) is 0 Å². The lowest BCUT2D eigenvalue weighted by Crippen LogP contribution is -2.15. The minimum absolute atomic E-state index is 0.435. The number of benzene rings is 1. The van der Waals surface area contributed by atoms with Crippen molar-refractivity contribution in [3.8, 4) is 0 Å². The average molecular weight is 321 g/mol. The second kappa shape index (κ2) is 11.6. The molecule has 130 valence electrons. The highest BCUT2D eigenvalue weighted by molar-refractivity contribution is 5.89. The Labute approximate surface area is 139 Å². The van der Waals surface area contributed by atoms with Crippen LogP contribution in [-0.2, 0) is 4.74 Å². The van der Waals surface area contributed by atoms with Crippen molar-refractivity contribution < 1.29 is 9.53 Å². The molecular weight excluding hydrogens is 290 g/mol. The van der Waals surface area contributed by atoms with Crippen molar-refractivity contribution >= 4 is 23.2 Å². The number of carbonyl (C=O) groups excluding carboxylic acids is 1. The zero-order valence-corrected chi connectivity index (χ0v) is 14.3. The maximum Gasteiger partial charge on any atom is 0.411 e. The van der Waals surface area contributed by atoms with Crippen molar-refractivity contribution in [2.45, 2.75) is 64.7 Å². The normalized spacial score (nSPS) is 10.5. The van der Waals surface area contributed by atoms with Gasteiger partial charge in [-0.3, -0.25) is 5.32 Å². The van der Waals surface area contributed by atoms with Gasteiger partial charge in [0, 0.05) is 5.69 Å². The molecule has 0 saturated carbocycles. The Kier molecular flexibility index (Phi) is 9.68. The molecule has 1 aromatic rings. The molecular formula is C18H31N3O2. The highest BCUT2D eigenvalue weighted by atomic mass is 16.5. The molecule has 0 aliphatic heterocycles. The molecule has 0 aliphatic rings. The zero-order chi connectivity index (χ0) is 16.9. The van der Waals surface area contributed by atoms with Gasteiger partial charge >= 0.3 is 6.09 Å². The number of hydrogen-bond donors (Lipinski definition) is 3. The van der Waals surface area contributed by atoms with Crippen molar-refractivity contribution in [2.24, 2.45) is 0 Å². The van der Waals surface area contributed by atoms with Crippen molar-refractivity contribution in [1.29, 1.82) is 0 Å². The summed E-state index contributed by atoms with van der Waals surface area (Å²) in [5.41, 5.74) is 12.9. The van der Waals surface area contributed by atoms with Gasteiger partial charge in [0.15, 0.2) is 0 Å². The first-order valence-corrected chi connectivity index (χ1v) is 8.72. The molecule has 0 heterocycles. The molecule has 0 spiro atoms. The first-order valence-electron chi connectivity index (χ1n) is 8.72. The zero-order valence-electron chi connectivity index (χ0n) is 14.3. The topological polar surface area (TPSA) is 90.4 Å². The lowest BCUT2D eigenvalue weighted by atomic mass is 10.1. The summed E-state index contributed by atoms with van der Waals surface area (Å²) in [6.45, 7) is 2.67. The first kappa shape index (κ1) is 19.1. The van der Waals surface area contributed by atoms with E-state index in [4.69, 9.17) is 16.2 Å². The largest absolute Gasteiger partial charge is 0.449 e. The number of nitrogens with one attached hydrogen (secondary N) is 1. The number of carbonyl (C=O) groups is 1. The van der Waals surface area contributed by atoms with Crippen LogP contribution in [0, 0.1) is 0 Å². The van der Waals surface area contributed by atoms with Gasteiger partial charge in [0.2, 0.25) is 0 Å². The van der Waals surface area contributed by atoms with E-state index in [-0.39, 0.29) is 0 Å². The van der Waals surface area contributed by atoms with Gasteiger partial charge in [-0.05, 0) is 24.6 Å². The Morgan fingerprint density at radius 1 is 1.00 bits per heavy atom. The summed E-state index contributed by atoms with van der Waals surface area (Å²) in [5.74, 6) is 0. The Hall–Kier alpha value is -1.91. The van der Waals surface area contributed by atoms with Crippen LogP contribution in [0.1, 0.15) is 64.7 Å². The molecule has 1 aromatic carbocycles. The lowest BCUT2D eigenvalue weighted by molar-refractivity contribution is 0.159. The van der Waals surface area contributed by atoms with E-state index >= 15 is 0 Å². The smallest absolute Gasteiger partial charge is 0.411 e. The minimum Gasteiger partial charge on any atom is -0.449 e. The third-order valence-electron chi connectivity index (χ3n) is 3.79. The van der Waals surface area contributed by atoms with Crippen LogP contribution in [0.5, 0.6) is 0 Å². The quantitative estimate of drug-likeness (QED) is 0.398. The molecule has 0 bridgehead atoms. The third-order valence-corrected chi connectivity index (χ3v) is 3.79. The van der Waals surface area contributed by atoms with Crippen molar-refractivity contribution in [1.82, 2.24) is 0 Å². The highest BCUT2D eigenvalue weighted by Crippen LogP contribution is 2.21. The Balaban J connectivity index is 2.02. The van der Waals surface area contributed by atoms with Crippen LogP contribution < -0.4 is 16.8 Å². The van der Waals surface area contributed by atoms with Crippen LogP contribution in [-0.4, -0.2) is 12.7 Å². The SMILES string of the molecule is CCCCCCCCCCCOC(=O)Nc1ccc(N)cc1N. The second-order valence-electron chi connectivity index (χ2n) is 5.94. The Bertz CT molecular complexity index is 464. The Morgan fingerprint density at radius 3 is 2.22 bits per heavy atom. The van der Waals surface area contributed by atoms with Crippen LogP contribution in [0.25, 0.3) is 0 Å². The third kappa shape index (κ3) is 8.96. The fourth-order valence-corrected chi connectivity index (χ4v) is 2.42. The van der Waals surface area contributed by atoms with E-state index in [1.54, 1.807) is 18.2 Å². The summed E-state index contributed by atoms with van der Waals surface area (Å²) in [5, 5.41) is 2.63. The summed E-state index contributed by atoms with van der Waals surface area (Å²) < 4.78 is 5.15. The molecule has 23 heavy (non-hydrogen) atoms. The van der Waals surface area contributed by atoms with Gasteiger partial charge in [-0.25, -0.2) is 4.79 Å². The molecule has 5 heteroatoms. The molecule has 0 radical (unpaired) electrons. The van der Waals surface area contributed by atoms with Gasteiger partial charge in [-0.1, -0.05) is 58.3 Å². The van der Waals surface area contributed by atoms with Gasteiger partial charge in [-0.15, -0.1) is 0 Å². The number of ether oxygens (including phenoxy) is 1. The highest BCUT2D eigenvalue weighted by Gasteiger charge is 2.06. The van der Waals surface area contributed by atoms with Gasteiger partial charge in [0.25, 0.3) is 0 Å². The van der Waals surface area contributed by atoms with E-state index in [0.717, 1.165) is 12.8 Å². The van der Waals surface area contributed by atoms with Crippen LogP contribution in [0.4, 0.5) is 21.9 Å². The fourth-order valence-electron chi connectivity index (χ4n) is 2.42. The van der Waals surface area contributed by atoms with Gasteiger partial charge in [0.05, 0.1) is 18.0 Å². The minimum atomic E-state index is -0.471. The summed E-state index contributed by atoms with van der Waals surface area (Å²) in [6, 6.07) is 4.97. The average Bonchev–Trinajstić information content (AvgIpc) is 2.52. The number of rotatable bonds is 11. The van der Waals surface area contributed by atoms with E-state index < -0.39 is 6.09 Å². The predicted octanol–water partition coefficient (Wildman–Crippen LogP) is 4.93. The monoisotopic (exact) mass is 321 g/mol. The predicted molar refractivity (Wildman–Crippen MR) is 97.5 cm³/mol. The molecule has 0 aromatic heterocycles. The number of nitrogen functional groups attached to an aromatic ring is 2. The summed E-state index contributed by atoms with van der Waals surface area (Å²) >= 11 is 0. The van der Waals surface area contributed by atoms with Crippen LogP contribution in [0.3, 0.4) is 0 Å².